The second-order valence-corrected chi connectivity index (χ2v) is 5.66. The van der Waals surface area contributed by atoms with Gasteiger partial charge < -0.3 is 15.5 Å². The number of anilines is 1. The fraction of sp³-hybridized carbons (Fsp3) is 0.222. The van der Waals surface area contributed by atoms with Crippen LogP contribution < -0.4 is 5.32 Å². The van der Waals surface area contributed by atoms with Gasteiger partial charge in [-0.15, -0.1) is 0 Å². The second kappa shape index (κ2) is 6.82. The van der Waals surface area contributed by atoms with Crippen molar-refractivity contribution in [2.24, 2.45) is 0 Å². The molecule has 1 heterocycles. The van der Waals surface area contributed by atoms with Crippen LogP contribution in [0.1, 0.15) is 26.3 Å². The van der Waals surface area contributed by atoms with E-state index in [0.29, 0.717) is 11.1 Å². The molecule has 0 radical (unpaired) electrons. The van der Waals surface area contributed by atoms with Crippen molar-refractivity contribution < 1.29 is 19.8 Å². The van der Waals surface area contributed by atoms with Crippen LogP contribution in [0, 0.1) is 0 Å². The number of nitrogens with zero attached hydrogens (tertiary/aromatic N) is 1. The Morgan fingerprint density at radius 2 is 1.54 bits per heavy atom. The second-order valence-electron chi connectivity index (χ2n) is 5.66. The molecule has 1 unspecified atom stereocenters. The number of nitrogens with one attached hydrogen (secondary N) is 1. The molecular formula is C18H18N2O4. The van der Waals surface area contributed by atoms with E-state index < -0.39 is 6.10 Å². The summed E-state index contributed by atoms with van der Waals surface area (Å²) in [6.45, 7) is 0.158. The van der Waals surface area contributed by atoms with Gasteiger partial charge in [0.05, 0.1) is 30.4 Å². The van der Waals surface area contributed by atoms with Crippen LogP contribution in [0.15, 0.2) is 48.5 Å². The lowest BCUT2D eigenvalue weighted by Gasteiger charge is -2.15. The highest BCUT2D eigenvalue weighted by Gasteiger charge is 2.34. The van der Waals surface area contributed by atoms with Gasteiger partial charge in [0.15, 0.2) is 0 Å². The zero-order chi connectivity index (χ0) is 17.1. The van der Waals surface area contributed by atoms with Gasteiger partial charge in [0.2, 0.25) is 0 Å². The number of hydrogen-bond acceptors (Lipinski definition) is 5. The quantitative estimate of drug-likeness (QED) is 0.695. The molecule has 0 spiro atoms. The van der Waals surface area contributed by atoms with Gasteiger partial charge in [0.1, 0.15) is 0 Å². The Labute approximate surface area is 139 Å². The SMILES string of the molecule is O=C1c2ccccc2C(=O)N1Cc1ccc(NCC(O)CO)cc1. The molecule has 0 bridgehead atoms. The van der Waals surface area contributed by atoms with Gasteiger partial charge in [-0.25, -0.2) is 0 Å². The van der Waals surface area contributed by atoms with Crippen LogP contribution in [-0.4, -0.2) is 46.2 Å². The maximum absolute atomic E-state index is 12.3. The van der Waals surface area contributed by atoms with Gasteiger partial charge in [-0.1, -0.05) is 24.3 Å². The van der Waals surface area contributed by atoms with E-state index in [9.17, 15) is 14.7 Å². The van der Waals surface area contributed by atoms with Crippen LogP contribution in [0.5, 0.6) is 0 Å². The summed E-state index contributed by atoms with van der Waals surface area (Å²) in [4.78, 5) is 25.9. The first-order chi connectivity index (χ1) is 11.6. The average Bonchev–Trinajstić information content (AvgIpc) is 2.86. The molecule has 124 valence electrons. The summed E-state index contributed by atoms with van der Waals surface area (Å²) >= 11 is 0. The maximum Gasteiger partial charge on any atom is 0.261 e. The lowest BCUT2D eigenvalue weighted by Crippen LogP contribution is -2.29. The van der Waals surface area contributed by atoms with Crippen molar-refractivity contribution in [2.75, 3.05) is 18.5 Å². The molecule has 1 aliphatic rings. The summed E-state index contributed by atoms with van der Waals surface area (Å²) in [5.74, 6) is -0.548. The van der Waals surface area contributed by atoms with Crippen molar-refractivity contribution in [3.05, 3.63) is 65.2 Å². The van der Waals surface area contributed by atoms with E-state index in [1.165, 1.54) is 4.90 Å². The van der Waals surface area contributed by atoms with Crippen LogP contribution in [0.2, 0.25) is 0 Å². The molecule has 2 aromatic rings. The molecule has 0 aliphatic carbocycles. The van der Waals surface area contributed by atoms with E-state index in [1.54, 1.807) is 36.4 Å². The summed E-state index contributed by atoms with van der Waals surface area (Å²) in [5, 5.41) is 21.1. The summed E-state index contributed by atoms with van der Waals surface area (Å²) in [7, 11) is 0. The Hall–Kier alpha value is -2.70. The van der Waals surface area contributed by atoms with Crippen molar-refractivity contribution in [1.29, 1.82) is 0 Å². The zero-order valence-electron chi connectivity index (χ0n) is 13.0. The van der Waals surface area contributed by atoms with Crippen molar-refractivity contribution >= 4 is 17.5 Å². The van der Waals surface area contributed by atoms with Gasteiger partial charge in [-0.3, -0.25) is 14.5 Å². The minimum absolute atomic E-state index is 0.214. The molecule has 2 aromatic carbocycles. The third-order valence-corrected chi connectivity index (χ3v) is 3.93. The monoisotopic (exact) mass is 326 g/mol. The smallest absolute Gasteiger partial charge is 0.261 e. The lowest BCUT2D eigenvalue weighted by atomic mass is 10.1. The Morgan fingerprint density at radius 1 is 0.958 bits per heavy atom. The summed E-state index contributed by atoms with van der Waals surface area (Å²) in [5.41, 5.74) is 2.50. The maximum atomic E-state index is 12.3. The highest BCUT2D eigenvalue weighted by molar-refractivity contribution is 6.21. The first-order valence-corrected chi connectivity index (χ1v) is 7.67. The number of rotatable bonds is 6. The zero-order valence-corrected chi connectivity index (χ0v) is 13.0. The molecule has 3 rings (SSSR count). The van der Waals surface area contributed by atoms with Gasteiger partial charge >= 0.3 is 0 Å². The molecule has 2 amide bonds. The molecule has 24 heavy (non-hydrogen) atoms. The minimum Gasteiger partial charge on any atom is -0.394 e. The standard InChI is InChI=1S/C18H18N2O4/c21-11-14(22)9-19-13-7-5-12(6-8-13)10-20-17(23)15-3-1-2-4-16(15)18(20)24/h1-8,14,19,21-22H,9-11H2. The molecule has 0 aromatic heterocycles. The largest absolute Gasteiger partial charge is 0.394 e. The minimum atomic E-state index is -0.817. The number of aliphatic hydroxyl groups excluding tert-OH is 2. The number of carbonyl (C=O) groups excluding carboxylic acids is 2. The fourth-order valence-corrected chi connectivity index (χ4v) is 2.59. The third-order valence-electron chi connectivity index (χ3n) is 3.93. The number of amides is 2. The van der Waals surface area contributed by atoms with E-state index in [4.69, 9.17) is 5.11 Å². The topological polar surface area (TPSA) is 89.9 Å². The van der Waals surface area contributed by atoms with Crippen molar-refractivity contribution in [3.63, 3.8) is 0 Å². The lowest BCUT2D eigenvalue weighted by molar-refractivity contribution is 0.0642. The van der Waals surface area contributed by atoms with Crippen molar-refractivity contribution in [3.8, 4) is 0 Å². The first kappa shape index (κ1) is 16.2. The van der Waals surface area contributed by atoms with E-state index in [0.717, 1.165) is 11.3 Å². The van der Waals surface area contributed by atoms with Crippen LogP contribution in [-0.2, 0) is 6.54 Å². The molecule has 1 atom stereocenters. The number of imide groups is 1. The third kappa shape index (κ3) is 3.15. The Balaban J connectivity index is 1.67. The number of aliphatic hydroxyl groups is 2. The van der Waals surface area contributed by atoms with Crippen molar-refractivity contribution in [2.45, 2.75) is 12.6 Å². The van der Waals surface area contributed by atoms with Crippen LogP contribution in [0.3, 0.4) is 0 Å². The van der Waals surface area contributed by atoms with Gasteiger partial charge in [-0.2, -0.15) is 0 Å². The van der Waals surface area contributed by atoms with Gasteiger partial charge in [0, 0.05) is 12.2 Å². The van der Waals surface area contributed by atoms with Crippen molar-refractivity contribution in [1.82, 2.24) is 4.90 Å². The molecule has 0 saturated heterocycles. The van der Waals surface area contributed by atoms with E-state index >= 15 is 0 Å². The molecular weight excluding hydrogens is 308 g/mol. The summed E-state index contributed by atoms with van der Waals surface area (Å²) in [6.07, 6.45) is -0.817. The van der Waals surface area contributed by atoms with Gasteiger partial charge in [-0.05, 0) is 29.8 Å². The van der Waals surface area contributed by atoms with E-state index in [2.05, 4.69) is 5.32 Å². The Bertz CT molecular complexity index is 723. The molecule has 6 nitrogen and oxygen atoms in total. The van der Waals surface area contributed by atoms with E-state index in [-0.39, 0.29) is 31.5 Å². The normalized spacial score (nSPS) is 14.7. The first-order valence-electron chi connectivity index (χ1n) is 7.67. The molecule has 3 N–H and O–H groups in total. The van der Waals surface area contributed by atoms with Crippen LogP contribution >= 0.6 is 0 Å². The number of fused-ring (bicyclic) bond motifs is 1. The van der Waals surface area contributed by atoms with Crippen LogP contribution in [0.25, 0.3) is 0 Å². The fourth-order valence-electron chi connectivity index (χ4n) is 2.59. The summed E-state index contributed by atoms with van der Waals surface area (Å²) in [6, 6.07) is 14.1. The highest BCUT2D eigenvalue weighted by atomic mass is 16.3. The molecule has 1 aliphatic heterocycles. The molecule has 6 heteroatoms. The Morgan fingerprint density at radius 3 is 2.08 bits per heavy atom. The summed E-state index contributed by atoms with van der Waals surface area (Å²) < 4.78 is 0. The van der Waals surface area contributed by atoms with Gasteiger partial charge in [0.25, 0.3) is 11.8 Å². The predicted molar refractivity (Wildman–Crippen MR) is 88.7 cm³/mol. The molecule has 0 fully saturated rings. The average molecular weight is 326 g/mol. The Kier molecular flexibility index (Phi) is 4.59. The number of carbonyl (C=O) groups is 2. The van der Waals surface area contributed by atoms with E-state index in [1.807, 2.05) is 12.1 Å². The molecule has 0 saturated carbocycles. The highest BCUT2D eigenvalue weighted by Crippen LogP contribution is 2.24. The number of hydrogen-bond donors (Lipinski definition) is 3. The number of benzene rings is 2. The van der Waals surface area contributed by atoms with Crippen LogP contribution in [0.4, 0.5) is 5.69 Å². The predicted octanol–water partition coefficient (Wildman–Crippen LogP) is 1.25.